The van der Waals surface area contributed by atoms with Crippen molar-refractivity contribution in [1.29, 1.82) is 0 Å². The first-order chi connectivity index (χ1) is 57.8. The van der Waals surface area contributed by atoms with Crippen LogP contribution in [0.5, 0.6) is 0 Å². The highest BCUT2D eigenvalue weighted by Gasteiger charge is 2.37. The first-order valence-corrected chi connectivity index (χ1v) is 35.8. The van der Waals surface area contributed by atoms with E-state index in [0.717, 1.165) is 23.5 Å². The number of likely N-dealkylation sites (N-methyl/N-ethyl adjacent to an activating group) is 2. The number of alkyl halides is 9. The number of ketones is 1. The van der Waals surface area contributed by atoms with Gasteiger partial charge in [-0.25, -0.2) is 19.7 Å². The van der Waals surface area contributed by atoms with E-state index in [1.165, 1.54) is 170 Å². The van der Waals surface area contributed by atoms with Crippen molar-refractivity contribution in [1.82, 2.24) is 38.5 Å². The topological polar surface area (TPSA) is 457 Å². The van der Waals surface area contributed by atoms with Gasteiger partial charge in [0.05, 0.1) is 32.4 Å². The molecule has 0 saturated carbocycles. The summed E-state index contributed by atoms with van der Waals surface area (Å²) in [6.07, 6.45) is -10.0. The number of nitro groups is 4. The van der Waals surface area contributed by atoms with Crippen molar-refractivity contribution in [3.05, 3.63) is 308 Å². The number of ether oxygens (including phenoxy) is 1. The highest BCUT2D eigenvalue weighted by molar-refractivity contribution is 6.67. The van der Waals surface area contributed by atoms with E-state index < -0.39 is 96.8 Å². The van der Waals surface area contributed by atoms with Crippen LogP contribution < -0.4 is 11.1 Å². The Kier molecular flexibility index (Phi) is 38.2. The number of rotatable bonds is 18. The fourth-order valence-corrected chi connectivity index (χ4v) is 9.67. The van der Waals surface area contributed by atoms with Gasteiger partial charge in [-0.2, -0.15) is 39.5 Å². The number of aliphatic carboxylic acids is 1. The number of nitrogens with zero attached hydrogens (tertiary/aromatic N) is 12. The number of aromatic nitrogens is 6. The van der Waals surface area contributed by atoms with Crippen LogP contribution in [0.1, 0.15) is 89.1 Å². The van der Waals surface area contributed by atoms with Crippen molar-refractivity contribution in [3.63, 3.8) is 0 Å². The van der Waals surface area contributed by atoms with E-state index in [9.17, 15) is 118 Å². The highest BCUT2D eigenvalue weighted by Crippen LogP contribution is 2.34. The molecule has 3 amide bonds. The van der Waals surface area contributed by atoms with E-state index in [2.05, 4.69) is 25.0 Å². The van der Waals surface area contributed by atoms with E-state index in [-0.39, 0.29) is 80.7 Å². The molecule has 124 heavy (non-hydrogen) atoms. The van der Waals surface area contributed by atoms with Crippen LogP contribution in [0.25, 0.3) is 34.2 Å². The number of carboxylic acid groups (broad SMARTS) is 2. The van der Waals surface area contributed by atoms with Crippen molar-refractivity contribution < 1.29 is 113 Å². The summed E-state index contributed by atoms with van der Waals surface area (Å²) in [7, 11) is 8.46. The first kappa shape index (κ1) is 102. The standard InChI is InChI=1S/C18H13ClF3N3O.C11H8F3N3O2.C11H10F3N3.C11H12N2O5.C10H10N2O5.C7H4ClNO3.C7H5ClO2.C4H8O/c1-25-10-15(18(20,21)22)24-16(25)11-4-8-14(9-5-11)23-17(26)12-2-6-13(19)7-3-12;1-16-6-9(11(12,13)14)15-10(16)7-2-4-8(5-3-7)17(18)19;1-17-6-9(11(12,13)14)16-10(17)7-2-4-8(15)5-3-7;1-12(7-10(14)18-2)11(15)8-3-5-9(6-4-8)13(16)17;1-11(6-9(13)14)10(15)7-2-4-8(5-3-7)12(16)17;8-7(10)5-1-3-6(4-2-5)9(11)12;8-6-3-1-5(2-4-6)7(9)10;1-3-4(2)5/h2-10H,1H3,(H,23,26);2-6H,1H3;2-6H,15H2,1H3;3-6H,7H2,1-2H3;2-5H,6H2,1H3,(H,13,14);1-4H;1-4H,(H,9,10);3H2,1-2H3. The van der Waals surface area contributed by atoms with Crippen molar-refractivity contribution in [2.45, 2.75) is 38.8 Å². The maximum atomic E-state index is 12.8. The van der Waals surface area contributed by atoms with Gasteiger partial charge in [-0.15, -0.1) is 0 Å². The van der Waals surface area contributed by atoms with Crippen LogP contribution in [-0.2, 0) is 58.8 Å². The average molecular weight is 1800 g/mol. The molecule has 0 spiro atoms. The number of carboxylic acids is 2. The number of aryl methyl sites for hydroxylation is 3. The number of imidazole rings is 3. The lowest BCUT2D eigenvalue weighted by Gasteiger charge is -2.15. The molecule has 0 bridgehead atoms. The monoisotopic (exact) mass is 1790 g/mol. The first-order valence-electron chi connectivity index (χ1n) is 34.7. The van der Waals surface area contributed by atoms with Crippen LogP contribution in [0.4, 0.5) is 73.6 Å². The third kappa shape index (κ3) is 33.1. The molecule has 11 rings (SSSR count). The fraction of sp³-hybridized carbons (Fsp3) is 0.177. The van der Waals surface area contributed by atoms with Crippen LogP contribution in [-0.4, -0.2) is 149 Å². The normalized spacial score (nSPS) is 10.5. The van der Waals surface area contributed by atoms with Crippen molar-refractivity contribution in [2.75, 3.05) is 45.3 Å². The minimum absolute atomic E-state index is 0.0586. The molecular formula is C79H70Cl3F9N14O19. The Morgan fingerprint density at radius 3 is 1.00 bits per heavy atom. The lowest BCUT2D eigenvalue weighted by molar-refractivity contribution is -0.385. The lowest BCUT2D eigenvalue weighted by atomic mass is 10.1. The Bertz CT molecular complexity index is 5520. The molecule has 0 aliphatic rings. The Morgan fingerprint density at radius 1 is 0.460 bits per heavy atom. The number of esters is 1. The van der Waals surface area contributed by atoms with Crippen LogP contribution in [0.3, 0.4) is 0 Å². The smallest absolute Gasteiger partial charge is 0.434 e. The largest absolute Gasteiger partial charge is 0.480 e. The number of benzene rings is 8. The molecular weight excluding hydrogens is 1730 g/mol. The number of carbonyl (C=O) groups excluding carboxylic acids is 6. The number of carbonyl (C=O) groups is 8. The summed E-state index contributed by atoms with van der Waals surface area (Å²) in [4.78, 5) is 140. The van der Waals surface area contributed by atoms with E-state index in [0.29, 0.717) is 50.1 Å². The van der Waals surface area contributed by atoms with Gasteiger partial charge in [-0.05, 0) is 164 Å². The van der Waals surface area contributed by atoms with Gasteiger partial charge >= 0.3 is 36.4 Å². The van der Waals surface area contributed by atoms with Crippen molar-refractivity contribution in [3.8, 4) is 34.2 Å². The number of aromatic carboxylic acids is 1. The number of hydrogen-bond acceptors (Lipinski definition) is 21. The molecule has 45 heteroatoms. The Hall–Kier alpha value is -14.8. The van der Waals surface area contributed by atoms with Gasteiger partial charge < -0.3 is 54.3 Å². The van der Waals surface area contributed by atoms with Gasteiger partial charge in [0.2, 0.25) is 0 Å². The molecule has 0 saturated heterocycles. The second-order valence-corrected chi connectivity index (χ2v) is 26.2. The summed E-state index contributed by atoms with van der Waals surface area (Å²) in [5.41, 5.74) is 6.23. The number of hydrogen-bond donors (Lipinski definition) is 4. The van der Waals surface area contributed by atoms with Gasteiger partial charge in [0, 0.05) is 169 Å². The highest BCUT2D eigenvalue weighted by atomic mass is 35.5. The number of anilines is 2. The molecule has 33 nitrogen and oxygen atoms in total. The quantitative estimate of drug-likeness (QED) is 0.0155. The number of nitrogen functional groups attached to an aromatic ring is 1. The van der Waals surface area contributed by atoms with E-state index in [1.807, 2.05) is 6.92 Å². The minimum atomic E-state index is -4.52. The summed E-state index contributed by atoms with van der Waals surface area (Å²) in [5.74, 6) is -3.01. The number of non-ortho nitro benzene ring substituents is 4. The summed E-state index contributed by atoms with van der Waals surface area (Å²) in [6, 6.07) is 45.7. The van der Waals surface area contributed by atoms with Crippen LogP contribution in [0.2, 0.25) is 10.0 Å². The van der Waals surface area contributed by atoms with Gasteiger partial charge in [0.1, 0.15) is 36.3 Å². The van der Waals surface area contributed by atoms with Gasteiger partial charge in [0.15, 0.2) is 17.1 Å². The van der Waals surface area contributed by atoms with Gasteiger partial charge in [0.25, 0.3) is 45.7 Å². The van der Waals surface area contributed by atoms with Gasteiger partial charge in [-0.1, -0.05) is 30.1 Å². The molecule has 3 aromatic heterocycles. The third-order valence-electron chi connectivity index (χ3n) is 15.7. The Balaban J connectivity index is 0.000000305. The average Bonchev–Trinajstić information content (AvgIpc) is 1.67. The van der Waals surface area contributed by atoms with Gasteiger partial charge in [-0.3, -0.25) is 69.2 Å². The summed E-state index contributed by atoms with van der Waals surface area (Å²) in [6.45, 7) is 2.84. The Morgan fingerprint density at radius 2 is 0.734 bits per heavy atom. The predicted molar refractivity (Wildman–Crippen MR) is 434 cm³/mol. The Labute approximate surface area is 710 Å². The second-order valence-electron chi connectivity index (χ2n) is 25.0. The zero-order valence-electron chi connectivity index (χ0n) is 65.6. The zero-order chi connectivity index (χ0) is 93.4. The molecule has 0 fully saturated rings. The van der Waals surface area contributed by atoms with Crippen LogP contribution in [0.15, 0.2) is 213 Å². The number of methoxy groups -OCH3 is 1. The SMILES string of the molecule is CCC(C)=O.CN(CC(=O)O)C(=O)c1ccc([N+](=O)[O-])cc1.COC(=O)CN(C)C(=O)c1ccc([N+](=O)[O-])cc1.Cn1cc(C(F)(F)F)nc1-c1ccc(N)cc1.Cn1cc(C(F)(F)F)nc1-c1ccc(NC(=O)c2ccc(Cl)cc2)cc1.Cn1cc(C(F)(F)F)nc1-c1ccc([N+](=O)[O-])cc1.O=C(Cl)c1ccc([N+](=O)[O-])cc1.O=C(O)c1ccc(Cl)cc1. The molecule has 0 atom stereocenters. The number of Topliss-reactive ketones (excluding diaryl/α,β-unsaturated/α-hetero) is 1. The maximum Gasteiger partial charge on any atom is 0.434 e. The molecule has 11 aromatic rings. The molecule has 0 radical (unpaired) electrons. The summed E-state index contributed by atoms with van der Waals surface area (Å²) in [5, 5.41) is 61.6. The molecule has 3 heterocycles. The minimum Gasteiger partial charge on any atom is -0.480 e. The number of halogens is 12. The third-order valence-corrected chi connectivity index (χ3v) is 16.4. The van der Waals surface area contributed by atoms with Crippen LogP contribution >= 0.6 is 34.8 Å². The second kappa shape index (κ2) is 46.7. The van der Waals surface area contributed by atoms with E-state index in [1.54, 1.807) is 91.9 Å². The number of nitro benzene ring substituents is 4. The number of nitrogens with one attached hydrogen (secondary N) is 1. The van der Waals surface area contributed by atoms with Crippen LogP contribution in [0, 0.1) is 40.5 Å². The maximum absolute atomic E-state index is 12.8. The van der Waals surface area contributed by atoms with Crippen molar-refractivity contribution in [2.24, 2.45) is 21.1 Å². The zero-order valence-corrected chi connectivity index (χ0v) is 67.9. The number of nitrogens with two attached hydrogens (primary N) is 1. The van der Waals surface area contributed by atoms with Crippen molar-refractivity contribution >= 4 is 116 Å². The molecule has 0 aliphatic carbocycles. The lowest BCUT2D eigenvalue weighted by Crippen LogP contribution is -2.32. The van der Waals surface area contributed by atoms with E-state index in [4.69, 9.17) is 50.7 Å². The molecule has 0 unspecified atom stereocenters. The molecule has 0 aliphatic heterocycles. The molecule has 8 aromatic carbocycles. The number of amides is 3. The van der Waals surface area contributed by atoms with E-state index >= 15 is 0 Å². The predicted octanol–water partition coefficient (Wildman–Crippen LogP) is 17.3. The molecule has 654 valence electrons. The molecule has 5 N–H and O–H groups in total. The summed E-state index contributed by atoms with van der Waals surface area (Å²) >= 11 is 16.4. The fourth-order valence-electron chi connectivity index (χ4n) is 9.29. The summed E-state index contributed by atoms with van der Waals surface area (Å²) < 4.78 is 121.